The number of piperazine rings is 1. The van der Waals surface area contributed by atoms with Crippen LogP contribution in [0.5, 0.6) is 5.75 Å². The highest BCUT2D eigenvalue weighted by Crippen LogP contribution is 2.22. The van der Waals surface area contributed by atoms with Crippen LogP contribution in [-0.2, 0) is 0 Å². The molecule has 1 unspecified atom stereocenters. The summed E-state index contributed by atoms with van der Waals surface area (Å²) < 4.78 is 0. The van der Waals surface area contributed by atoms with Gasteiger partial charge in [-0.3, -0.25) is 4.79 Å². The maximum absolute atomic E-state index is 12.5. The second kappa shape index (κ2) is 5.59. The standard InChI is InChI=1S/C14H21N3O2/c1-10-3-4-13(18)12(7-10)14(19)17-6-5-16(2)9-11(17)8-15/h3-4,7,11,18H,5-6,8-9,15H2,1-2H3. The van der Waals surface area contributed by atoms with E-state index in [2.05, 4.69) is 4.90 Å². The molecule has 0 aromatic heterocycles. The second-order valence-electron chi connectivity index (χ2n) is 5.17. The number of hydrogen-bond donors (Lipinski definition) is 2. The second-order valence-corrected chi connectivity index (χ2v) is 5.17. The van der Waals surface area contributed by atoms with Crippen molar-refractivity contribution in [3.63, 3.8) is 0 Å². The van der Waals surface area contributed by atoms with Gasteiger partial charge in [-0.2, -0.15) is 0 Å². The fraction of sp³-hybridized carbons (Fsp3) is 0.500. The highest BCUT2D eigenvalue weighted by Gasteiger charge is 2.29. The summed E-state index contributed by atoms with van der Waals surface area (Å²) in [7, 11) is 2.02. The van der Waals surface area contributed by atoms with Crippen molar-refractivity contribution >= 4 is 5.91 Å². The molecule has 0 radical (unpaired) electrons. The van der Waals surface area contributed by atoms with Gasteiger partial charge in [-0.1, -0.05) is 11.6 Å². The molecule has 1 aromatic carbocycles. The van der Waals surface area contributed by atoms with Gasteiger partial charge in [0.15, 0.2) is 0 Å². The molecular formula is C14H21N3O2. The van der Waals surface area contributed by atoms with Gasteiger partial charge in [0.05, 0.1) is 11.6 Å². The first-order valence-corrected chi connectivity index (χ1v) is 6.52. The third-order valence-electron chi connectivity index (χ3n) is 3.60. The van der Waals surface area contributed by atoms with Crippen LogP contribution in [0, 0.1) is 6.92 Å². The molecule has 104 valence electrons. The van der Waals surface area contributed by atoms with E-state index in [1.165, 1.54) is 0 Å². The average molecular weight is 263 g/mol. The summed E-state index contributed by atoms with van der Waals surface area (Å²) in [5.41, 5.74) is 7.08. The minimum absolute atomic E-state index is 0.00571. The number of amides is 1. The molecule has 1 amide bonds. The molecule has 0 bridgehead atoms. The molecule has 1 aromatic rings. The van der Waals surface area contributed by atoms with Crippen LogP contribution >= 0.6 is 0 Å². The van der Waals surface area contributed by atoms with Gasteiger partial charge in [-0.25, -0.2) is 0 Å². The molecule has 2 rings (SSSR count). The van der Waals surface area contributed by atoms with Gasteiger partial charge in [0, 0.05) is 26.2 Å². The number of likely N-dealkylation sites (N-methyl/N-ethyl adjacent to an activating group) is 1. The van der Waals surface area contributed by atoms with Gasteiger partial charge in [-0.05, 0) is 26.1 Å². The number of nitrogens with zero attached hydrogens (tertiary/aromatic N) is 2. The predicted molar refractivity (Wildman–Crippen MR) is 74.2 cm³/mol. The molecule has 0 saturated carbocycles. The van der Waals surface area contributed by atoms with Crippen molar-refractivity contribution in [2.45, 2.75) is 13.0 Å². The third-order valence-corrected chi connectivity index (χ3v) is 3.60. The summed E-state index contributed by atoms with van der Waals surface area (Å²) in [6, 6.07) is 5.09. The molecule has 5 nitrogen and oxygen atoms in total. The van der Waals surface area contributed by atoms with Crippen LogP contribution in [0.4, 0.5) is 0 Å². The van der Waals surface area contributed by atoms with Gasteiger partial charge >= 0.3 is 0 Å². The molecular weight excluding hydrogens is 242 g/mol. The lowest BCUT2D eigenvalue weighted by atomic mass is 10.1. The van der Waals surface area contributed by atoms with Gasteiger partial charge in [-0.15, -0.1) is 0 Å². The minimum atomic E-state index is -0.134. The van der Waals surface area contributed by atoms with E-state index in [-0.39, 0.29) is 17.7 Å². The van der Waals surface area contributed by atoms with Gasteiger partial charge in [0.2, 0.25) is 0 Å². The zero-order valence-corrected chi connectivity index (χ0v) is 11.5. The highest BCUT2D eigenvalue weighted by atomic mass is 16.3. The van der Waals surface area contributed by atoms with Crippen molar-refractivity contribution in [1.29, 1.82) is 0 Å². The Morgan fingerprint density at radius 1 is 1.47 bits per heavy atom. The number of carbonyl (C=O) groups excluding carboxylic acids is 1. The number of phenolic OH excluding ortho intramolecular Hbond substituents is 1. The molecule has 1 aliphatic rings. The van der Waals surface area contributed by atoms with Crippen molar-refractivity contribution in [3.05, 3.63) is 29.3 Å². The Morgan fingerprint density at radius 3 is 2.89 bits per heavy atom. The van der Waals surface area contributed by atoms with Crippen LogP contribution in [0.3, 0.4) is 0 Å². The number of benzene rings is 1. The van der Waals surface area contributed by atoms with Crippen LogP contribution in [0.1, 0.15) is 15.9 Å². The molecule has 19 heavy (non-hydrogen) atoms. The third kappa shape index (κ3) is 2.88. The maximum Gasteiger partial charge on any atom is 0.258 e. The number of carbonyl (C=O) groups is 1. The summed E-state index contributed by atoms with van der Waals surface area (Å²) in [4.78, 5) is 16.5. The summed E-state index contributed by atoms with van der Waals surface area (Å²) in [5, 5.41) is 9.86. The van der Waals surface area contributed by atoms with Gasteiger partial charge < -0.3 is 20.6 Å². The van der Waals surface area contributed by atoms with Crippen LogP contribution in [0.15, 0.2) is 18.2 Å². The van der Waals surface area contributed by atoms with E-state index in [9.17, 15) is 9.90 Å². The van der Waals surface area contributed by atoms with E-state index in [1.807, 2.05) is 14.0 Å². The predicted octanol–water partition coefficient (Wildman–Crippen LogP) is 0.416. The Labute approximate surface area is 113 Å². The molecule has 1 atom stereocenters. The van der Waals surface area contributed by atoms with Crippen LogP contribution in [-0.4, -0.2) is 60.1 Å². The minimum Gasteiger partial charge on any atom is -0.507 e. The number of hydrogen-bond acceptors (Lipinski definition) is 4. The number of phenols is 1. The Bertz CT molecular complexity index is 476. The van der Waals surface area contributed by atoms with E-state index in [1.54, 1.807) is 23.1 Å². The summed E-state index contributed by atoms with van der Waals surface area (Å²) in [6.45, 7) is 4.58. The van der Waals surface area contributed by atoms with E-state index in [0.717, 1.165) is 18.7 Å². The first-order chi connectivity index (χ1) is 9.02. The number of aryl methyl sites for hydroxylation is 1. The van der Waals surface area contributed by atoms with Crippen LogP contribution in [0.2, 0.25) is 0 Å². The summed E-state index contributed by atoms with van der Waals surface area (Å²) in [5.74, 6) is -0.102. The van der Waals surface area contributed by atoms with E-state index >= 15 is 0 Å². The Kier molecular flexibility index (Phi) is 4.07. The first-order valence-electron chi connectivity index (χ1n) is 6.52. The average Bonchev–Trinajstić information content (AvgIpc) is 2.40. The monoisotopic (exact) mass is 263 g/mol. The van der Waals surface area contributed by atoms with Gasteiger partial charge in [0.25, 0.3) is 5.91 Å². The fourth-order valence-electron chi connectivity index (χ4n) is 2.46. The fourth-order valence-corrected chi connectivity index (χ4v) is 2.46. The highest BCUT2D eigenvalue weighted by molar-refractivity contribution is 5.97. The number of aromatic hydroxyl groups is 1. The molecule has 1 saturated heterocycles. The number of nitrogens with two attached hydrogens (primary N) is 1. The van der Waals surface area contributed by atoms with Crippen molar-refractivity contribution in [2.24, 2.45) is 5.73 Å². The lowest BCUT2D eigenvalue weighted by Crippen LogP contribution is -2.56. The smallest absolute Gasteiger partial charge is 0.258 e. The van der Waals surface area contributed by atoms with Crippen LogP contribution < -0.4 is 5.73 Å². The lowest BCUT2D eigenvalue weighted by molar-refractivity contribution is 0.0513. The van der Waals surface area contributed by atoms with E-state index in [4.69, 9.17) is 5.73 Å². The van der Waals surface area contributed by atoms with Crippen LogP contribution in [0.25, 0.3) is 0 Å². The van der Waals surface area contributed by atoms with Crippen molar-refractivity contribution in [1.82, 2.24) is 9.80 Å². The van der Waals surface area contributed by atoms with Crippen molar-refractivity contribution < 1.29 is 9.90 Å². The molecule has 5 heteroatoms. The Morgan fingerprint density at radius 2 is 2.21 bits per heavy atom. The molecule has 0 aliphatic carbocycles. The van der Waals surface area contributed by atoms with Gasteiger partial charge in [0.1, 0.15) is 5.75 Å². The summed E-state index contributed by atoms with van der Waals surface area (Å²) in [6.07, 6.45) is 0. The quantitative estimate of drug-likeness (QED) is 0.811. The molecule has 1 fully saturated rings. The maximum atomic E-state index is 12.5. The zero-order valence-electron chi connectivity index (χ0n) is 11.5. The molecule has 0 spiro atoms. The lowest BCUT2D eigenvalue weighted by Gasteiger charge is -2.39. The van der Waals surface area contributed by atoms with Crippen molar-refractivity contribution in [2.75, 3.05) is 33.2 Å². The zero-order chi connectivity index (χ0) is 14.0. The topological polar surface area (TPSA) is 69.8 Å². The SMILES string of the molecule is Cc1ccc(O)c(C(=O)N2CCN(C)CC2CN)c1. The largest absolute Gasteiger partial charge is 0.507 e. The van der Waals surface area contributed by atoms with Crippen molar-refractivity contribution in [3.8, 4) is 5.75 Å². The van der Waals surface area contributed by atoms with E-state index in [0.29, 0.717) is 18.7 Å². The summed E-state index contributed by atoms with van der Waals surface area (Å²) >= 11 is 0. The Hall–Kier alpha value is -1.59. The number of rotatable bonds is 2. The van der Waals surface area contributed by atoms with E-state index < -0.39 is 0 Å². The Balaban J connectivity index is 2.25. The first kappa shape index (κ1) is 13.8. The molecule has 3 N–H and O–H groups in total. The normalized spacial score (nSPS) is 20.6. The molecule has 1 aliphatic heterocycles. The molecule has 1 heterocycles.